The van der Waals surface area contributed by atoms with Crippen molar-refractivity contribution >= 4 is 0 Å². The normalized spacial score (nSPS) is 17.8. The van der Waals surface area contributed by atoms with E-state index in [0.717, 1.165) is 25.2 Å². The summed E-state index contributed by atoms with van der Waals surface area (Å²) in [4.78, 5) is 0. The van der Waals surface area contributed by atoms with Crippen LogP contribution >= 0.6 is 0 Å². The van der Waals surface area contributed by atoms with Gasteiger partial charge < -0.3 is 11.5 Å². The van der Waals surface area contributed by atoms with Crippen molar-refractivity contribution in [1.29, 1.82) is 0 Å². The molecule has 2 heteroatoms. The Bertz CT molecular complexity index is 145. The molecule has 0 aromatic rings. The molecular weight excluding hydrogens is 184 g/mol. The van der Waals surface area contributed by atoms with Crippen LogP contribution < -0.4 is 11.5 Å². The van der Waals surface area contributed by atoms with Crippen molar-refractivity contribution in [2.45, 2.75) is 71.9 Å². The fraction of sp³-hybridized carbons (Fsp3) is 1.00. The van der Waals surface area contributed by atoms with Crippen molar-refractivity contribution in [1.82, 2.24) is 0 Å². The zero-order valence-corrected chi connectivity index (χ0v) is 11.0. The Morgan fingerprint density at radius 3 is 2.00 bits per heavy atom. The van der Waals surface area contributed by atoms with Crippen LogP contribution in [0.25, 0.3) is 0 Å². The van der Waals surface area contributed by atoms with Gasteiger partial charge in [-0.2, -0.15) is 0 Å². The summed E-state index contributed by atoms with van der Waals surface area (Å²) in [6.45, 7) is 8.96. The third-order valence-corrected chi connectivity index (χ3v) is 3.16. The monoisotopic (exact) mass is 214 g/mol. The molecule has 0 amide bonds. The van der Waals surface area contributed by atoms with Gasteiger partial charge in [0, 0.05) is 12.1 Å². The highest BCUT2D eigenvalue weighted by atomic mass is 14.7. The van der Waals surface area contributed by atoms with Gasteiger partial charge >= 0.3 is 0 Å². The first-order chi connectivity index (χ1) is 6.97. The van der Waals surface area contributed by atoms with Gasteiger partial charge in [0.2, 0.25) is 0 Å². The maximum Gasteiger partial charge on any atom is 0.00792 e. The molecule has 2 nitrogen and oxygen atoms in total. The molecule has 4 N–H and O–H groups in total. The molecule has 0 saturated carbocycles. The topological polar surface area (TPSA) is 52.0 Å². The summed E-state index contributed by atoms with van der Waals surface area (Å²) in [5, 5.41) is 0. The van der Waals surface area contributed by atoms with Crippen LogP contribution in [0.3, 0.4) is 0 Å². The minimum Gasteiger partial charge on any atom is -0.328 e. The number of nitrogens with two attached hydrogens (primary N) is 2. The summed E-state index contributed by atoms with van der Waals surface area (Å²) < 4.78 is 0. The predicted octanol–water partition coefficient (Wildman–Crippen LogP) is 2.90. The quantitative estimate of drug-likeness (QED) is 0.653. The summed E-state index contributed by atoms with van der Waals surface area (Å²) >= 11 is 0. The maximum absolute atomic E-state index is 6.15. The van der Waals surface area contributed by atoms with Crippen LogP contribution in [0.4, 0.5) is 0 Å². The molecule has 0 aliphatic heterocycles. The van der Waals surface area contributed by atoms with Gasteiger partial charge in [-0.05, 0) is 31.1 Å². The average Bonchev–Trinajstić information content (AvgIpc) is 2.14. The lowest BCUT2D eigenvalue weighted by Gasteiger charge is -2.23. The Balaban J connectivity index is 3.72. The van der Waals surface area contributed by atoms with E-state index in [1.54, 1.807) is 0 Å². The van der Waals surface area contributed by atoms with Crippen molar-refractivity contribution in [2.75, 3.05) is 0 Å². The maximum atomic E-state index is 6.15. The summed E-state index contributed by atoms with van der Waals surface area (Å²) in [6.07, 6.45) is 5.75. The molecule has 3 unspecified atom stereocenters. The molecule has 15 heavy (non-hydrogen) atoms. The second kappa shape index (κ2) is 8.12. The van der Waals surface area contributed by atoms with Crippen LogP contribution in [0, 0.1) is 11.8 Å². The molecule has 0 radical (unpaired) electrons. The van der Waals surface area contributed by atoms with E-state index in [1.807, 2.05) is 0 Å². The number of rotatable bonds is 8. The zero-order chi connectivity index (χ0) is 11.8. The highest BCUT2D eigenvalue weighted by molar-refractivity contribution is 4.75. The van der Waals surface area contributed by atoms with Crippen LogP contribution in [0.5, 0.6) is 0 Å². The number of hydrogen-bond donors (Lipinski definition) is 2. The van der Waals surface area contributed by atoms with E-state index in [2.05, 4.69) is 27.7 Å². The van der Waals surface area contributed by atoms with E-state index >= 15 is 0 Å². The van der Waals surface area contributed by atoms with E-state index in [1.165, 1.54) is 12.8 Å². The van der Waals surface area contributed by atoms with E-state index in [-0.39, 0.29) is 6.04 Å². The summed E-state index contributed by atoms with van der Waals surface area (Å²) in [5.74, 6) is 1.39. The van der Waals surface area contributed by atoms with E-state index in [9.17, 15) is 0 Å². The van der Waals surface area contributed by atoms with E-state index in [0.29, 0.717) is 12.0 Å². The molecule has 0 bridgehead atoms. The molecule has 0 spiro atoms. The van der Waals surface area contributed by atoms with Gasteiger partial charge in [-0.1, -0.05) is 40.5 Å². The van der Waals surface area contributed by atoms with Gasteiger partial charge in [0.05, 0.1) is 0 Å². The molecule has 0 aliphatic rings. The highest BCUT2D eigenvalue weighted by Crippen LogP contribution is 2.17. The van der Waals surface area contributed by atoms with Crippen LogP contribution in [0.1, 0.15) is 59.8 Å². The fourth-order valence-corrected chi connectivity index (χ4v) is 1.88. The first-order valence-corrected chi connectivity index (χ1v) is 6.48. The molecule has 0 rings (SSSR count). The Hall–Kier alpha value is -0.0800. The first-order valence-electron chi connectivity index (χ1n) is 6.48. The Morgan fingerprint density at radius 2 is 1.53 bits per heavy atom. The molecule has 0 heterocycles. The molecule has 0 aromatic carbocycles. The Morgan fingerprint density at radius 1 is 0.933 bits per heavy atom. The summed E-state index contributed by atoms with van der Waals surface area (Å²) in [5.41, 5.74) is 12.2. The predicted molar refractivity (Wildman–Crippen MR) is 68.7 cm³/mol. The highest BCUT2D eigenvalue weighted by Gasteiger charge is 2.15. The molecular formula is C13H30N2. The van der Waals surface area contributed by atoms with Crippen molar-refractivity contribution in [2.24, 2.45) is 23.3 Å². The fourth-order valence-electron chi connectivity index (χ4n) is 1.88. The van der Waals surface area contributed by atoms with Gasteiger partial charge in [-0.25, -0.2) is 0 Å². The van der Waals surface area contributed by atoms with Crippen LogP contribution in [0.15, 0.2) is 0 Å². The summed E-state index contributed by atoms with van der Waals surface area (Å²) in [6, 6.07) is 0.580. The Kier molecular flexibility index (Phi) is 8.07. The molecule has 0 saturated heterocycles. The second-order valence-electron chi connectivity index (χ2n) is 5.40. The lowest BCUT2D eigenvalue weighted by atomic mass is 9.89. The lowest BCUT2D eigenvalue weighted by molar-refractivity contribution is 0.349. The largest absolute Gasteiger partial charge is 0.328 e. The lowest BCUT2D eigenvalue weighted by Crippen LogP contribution is -2.36. The molecule has 0 aromatic heterocycles. The van der Waals surface area contributed by atoms with Crippen molar-refractivity contribution in [3.63, 3.8) is 0 Å². The van der Waals surface area contributed by atoms with Crippen molar-refractivity contribution < 1.29 is 0 Å². The third-order valence-electron chi connectivity index (χ3n) is 3.16. The first kappa shape index (κ1) is 14.9. The number of hydrogen-bond acceptors (Lipinski definition) is 2. The van der Waals surface area contributed by atoms with Crippen LogP contribution in [-0.2, 0) is 0 Å². The molecule has 3 atom stereocenters. The molecule has 92 valence electrons. The summed E-state index contributed by atoms with van der Waals surface area (Å²) in [7, 11) is 0. The standard InChI is InChI=1S/C13H30N2/c1-5-6-12(14)9-13(15)11(4)8-7-10(2)3/h10-13H,5-9,14-15H2,1-4H3. The van der Waals surface area contributed by atoms with Crippen molar-refractivity contribution in [3.8, 4) is 0 Å². The zero-order valence-electron chi connectivity index (χ0n) is 11.0. The Labute approximate surface area is 95.8 Å². The van der Waals surface area contributed by atoms with E-state index < -0.39 is 0 Å². The van der Waals surface area contributed by atoms with Crippen LogP contribution in [-0.4, -0.2) is 12.1 Å². The second-order valence-corrected chi connectivity index (χ2v) is 5.40. The van der Waals surface area contributed by atoms with Gasteiger partial charge in [-0.15, -0.1) is 0 Å². The average molecular weight is 214 g/mol. The van der Waals surface area contributed by atoms with Gasteiger partial charge in [-0.3, -0.25) is 0 Å². The minimum absolute atomic E-state index is 0.283. The third kappa shape index (κ3) is 7.80. The van der Waals surface area contributed by atoms with Crippen LogP contribution in [0.2, 0.25) is 0 Å². The van der Waals surface area contributed by atoms with E-state index in [4.69, 9.17) is 11.5 Å². The smallest absolute Gasteiger partial charge is 0.00792 e. The SMILES string of the molecule is CCCC(N)CC(N)C(C)CCC(C)C. The van der Waals surface area contributed by atoms with Crippen molar-refractivity contribution in [3.05, 3.63) is 0 Å². The van der Waals surface area contributed by atoms with Gasteiger partial charge in [0.15, 0.2) is 0 Å². The minimum atomic E-state index is 0.283. The van der Waals surface area contributed by atoms with Gasteiger partial charge in [0.25, 0.3) is 0 Å². The van der Waals surface area contributed by atoms with Gasteiger partial charge in [0.1, 0.15) is 0 Å². The molecule has 0 aliphatic carbocycles. The molecule has 0 fully saturated rings.